The molecule has 6 heteroatoms. The van der Waals surface area contributed by atoms with E-state index in [1.54, 1.807) is 0 Å². The van der Waals surface area contributed by atoms with Crippen molar-refractivity contribution in [3.63, 3.8) is 0 Å². The smallest absolute Gasteiger partial charge is 0.314 e. The largest absolute Gasteiger partial charge is 0.492 e. The van der Waals surface area contributed by atoms with Crippen LogP contribution < -0.4 is 20.3 Å². The van der Waals surface area contributed by atoms with Gasteiger partial charge in [-0.3, -0.25) is 4.90 Å². The van der Waals surface area contributed by atoms with Crippen molar-refractivity contribution in [2.24, 2.45) is 0 Å². The number of benzene rings is 2. The van der Waals surface area contributed by atoms with Gasteiger partial charge >= 0.3 is 6.03 Å². The summed E-state index contributed by atoms with van der Waals surface area (Å²) in [5.74, 6) is 0.817. The van der Waals surface area contributed by atoms with Crippen molar-refractivity contribution in [2.45, 2.75) is 6.42 Å². The van der Waals surface area contributed by atoms with Crippen molar-refractivity contribution < 1.29 is 9.53 Å². The summed E-state index contributed by atoms with van der Waals surface area (Å²) < 4.78 is 5.55. The van der Waals surface area contributed by atoms with E-state index in [1.807, 2.05) is 30.3 Å². The quantitative estimate of drug-likeness (QED) is 0.655. The maximum Gasteiger partial charge on any atom is 0.314 e. The highest BCUT2D eigenvalue weighted by molar-refractivity contribution is 5.73. The zero-order chi connectivity index (χ0) is 19.4. The van der Waals surface area contributed by atoms with E-state index in [2.05, 4.69) is 50.8 Å². The first-order chi connectivity index (χ1) is 13.8. The number of nitrogens with zero attached hydrogens (tertiary/aromatic N) is 2. The molecule has 3 rings (SSSR count). The number of anilines is 1. The van der Waals surface area contributed by atoms with Gasteiger partial charge in [0.25, 0.3) is 0 Å². The van der Waals surface area contributed by atoms with E-state index in [0.717, 1.165) is 44.9 Å². The second kappa shape index (κ2) is 11.2. The molecule has 2 aromatic rings. The van der Waals surface area contributed by atoms with Crippen LogP contribution in [-0.4, -0.2) is 63.4 Å². The van der Waals surface area contributed by atoms with Crippen molar-refractivity contribution in [3.05, 3.63) is 60.7 Å². The Morgan fingerprint density at radius 1 is 0.857 bits per heavy atom. The number of nitrogens with one attached hydrogen (secondary N) is 2. The lowest BCUT2D eigenvalue weighted by Gasteiger charge is -2.36. The molecule has 0 radical (unpaired) electrons. The zero-order valence-electron chi connectivity index (χ0n) is 16.3. The summed E-state index contributed by atoms with van der Waals surface area (Å²) in [5, 5.41) is 5.73. The van der Waals surface area contributed by atoms with E-state index in [9.17, 15) is 4.79 Å². The van der Waals surface area contributed by atoms with Crippen LogP contribution in [0.25, 0.3) is 0 Å². The second-order valence-electron chi connectivity index (χ2n) is 6.86. The van der Waals surface area contributed by atoms with Crippen LogP contribution in [0.2, 0.25) is 0 Å². The van der Waals surface area contributed by atoms with Gasteiger partial charge in [0.15, 0.2) is 0 Å². The van der Waals surface area contributed by atoms with Crippen LogP contribution in [0.5, 0.6) is 5.75 Å². The fourth-order valence-corrected chi connectivity index (χ4v) is 3.29. The number of para-hydroxylation sites is 2. The van der Waals surface area contributed by atoms with Gasteiger partial charge in [-0.1, -0.05) is 36.4 Å². The molecule has 150 valence electrons. The third-order valence-electron chi connectivity index (χ3n) is 4.83. The number of hydrogen-bond acceptors (Lipinski definition) is 4. The first-order valence-corrected chi connectivity index (χ1v) is 10.0. The number of rotatable bonds is 9. The second-order valence-corrected chi connectivity index (χ2v) is 6.86. The average molecular weight is 383 g/mol. The van der Waals surface area contributed by atoms with Gasteiger partial charge in [0.2, 0.25) is 0 Å². The number of hydrogen-bond donors (Lipinski definition) is 2. The monoisotopic (exact) mass is 382 g/mol. The van der Waals surface area contributed by atoms with E-state index < -0.39 is 0 Å². The molecule has 1 saturated heterocycles. The molecular formula is C22H30N4O2. The molecule has 1 fully saturated rings. The molecule has 0 aromatic heterocycles. The Bertz CT molecular complexity index is 688. The summed E-state index contributed by atoms with van der Waals surface area (Å²) in [5.41, 5.74) is 1.30. The van der Waals surface area contributed by atoms with Gasteiger partial charge in [0, 0.05) is 38.4 Å². The van der Waals surface area contributed by atoms with Gasteiger partial charge < -0.3 is 20.3 Å². The van der Waals surface area contributed by atoms with Gasteiger partial charge in [-0.2, -0.15) is 0 Å². The lowest BCUT2D eigenvalue weighted by atomic mass is 10.2. The first-order valence-electron chi connectivity index (χ1n) is 10.0. The minimum Gasteiger partial charge on any atom is -0.492 e. The van der Waals surface area contributed by atoms with Crippen LogP contribution in [0.3, 0.4) is 0 Å². The maximum atomic E-state index is 11.8. The van der Waals surface area contributed by atoms with Crippen molar-refractivity contribution in [1.29, 1.82) is 0 Å². The predicted molar refractivity (Wildman–Crippen MR) is 113 cm³/mol. The Hall–Kier alpha value is -2.73. The minimum absolute atomic E-state index is 0.134. The van der Waals surface area contributed by atoms with Gasteiger partial charge in [0.1, 0.15) is 12.4 Å². The van der Waals surface area contributed by atoms with Crippen LogP contribution in [0.1, 0.15) is 6.42 Å². The molecule has 2 aromatic carbocycles. The number of carbonyl (C=O) groups excluding carboxylic acids is 1. The van der Waals surface area contributed by atoms with E-state index in [-0.39, 0.29) is 6.03 Å². The molecule has 0 aliphatic carbocycles. The Morgan fingerprint density at radius 3 is 2.21 bits per heavy atom. The molecule has 0 unspecified atom stereocenters. The van der Waals surface area contributed by atoms with Gasteiger partial charge in [-0.25, -0.2) is 4.79 Å². The van der Waals surface area contributed by atoms with E-state index in [1.165, 1.54) is 5.69 Å². The summed E-state index contributed by atoms with van der Waals surface area (Å²) in [6.45, 7) is 6.89. The molecule has 0 atom stereocenters. The van der Waals surface area contributed by atoms with Crippen molar-refractivity contribution >= 4 is 11.7 Å². The normalized spacial score (nSPS) is 14.5. The standard InChI is InChI=1S/C22H30N4O2/c27-22(24-13-19-28-21-10-5-2-6-11-21)23-12-7-14-25-15-17-26(18-16-25)20-8-3-1-4-9-20/h1-6,8-11H,7,12-19H2,(H2,23,24,27). The fourth-order valence-electron chi connectivity index (χ4n) is 3.29. The first kappa shape index (κ1) is 20.0. The van der Waals surface area contributed by atoms with Crippen LogP contribution in [0.4, 0.5) is 10.5 Å². The highest BCUT2D eigenvalue weighted by Crippen LogP contribution is 2.15. The number of ether oxygens (including phenoxy) is 1. The van der Waals surface area contributed by atoms with Crippen LogP contribution in [0, 0.1) is 0 Å². The maximum absolute atomic E-state index is 11.8. The molecule has 1 aliphatic rings. The van der Waals surface area contributed by atoms with E-state index >= 15 is 0 Å². The van der Waals surface area contributed by atoms with E-state index in [4.69, 9.17) is 4.74 Å². The Kier molecular flexibility index (Phi) is 8.00. The molecule has 1 aliphatic heterocycles. The molecule has 0 bridgehead atoms. The number of piperazine rings is 1. The number of amides is 2. The summed E-state index contributed by atoms with van der Waals surface area (Å²) in [7, 11) is 0. The van der Waals surface area contributed by atoms with Crippen LogP contribution in [-0.2, 0) is 0 Å². The topological polar surface area (TPSA) is 56.8 Å². The molecule has 0 spiro atoms. The Balaban J connectivity index is 1.20. The lowest BCUT2D eigenvalue weighted by Crippen LogP contribution is -2.47. The molecule has 6 nitrogen and oxygen atoms in total. The minimum atomic E-state index is -0.134. The lowest BCUT2D eigenvalue weighted by molar-refractivity contribution is 0.232. The van der Waals surface area contributed by atoms with Gasteiger partial charge in [-0.05, 0) is 37.2 Å². The molecule has 2 N–H and O–H groups in total. The Morgan fingerprint density at radius 2 is 1.50 bits per heavy atom. The molecule has 28 heavy (non-hydrogen) atoms. The molecular weight excluding hydrogens is 352 g/mol. The van der Waals surface area contributed by atoms with Gasteiger partial charge in [-0.15, -0.1) is 0 Å². The van der Waals surface area contributed by atoms with Crippen molar-refractivity contribution in [1.82, 2.24) is 15.5 Å². The fraction of sp³-hybridized carbons (Fsp3) is 0.409. The highest BCUT2D eigenvalue weighted by atomic mass is 16.5. The Labute approximate surface area is 167 Å². The number of urea groups is 1. The molecule has 0 saturated carbocycles. The van der Waals surface area contributed by atoms with Crippen LogP contribution in [0.15, 0.2) is 60.7 Å². The third kappa shape index (κ3) is 6.78. The summed E-state index contributed by atoms with van der Waals surface area (Å²) in [6, 6.07) is 20.0. The number of carbonyl (C=O) groups is 1. The zero-order valence-corrected chi connectivity index (χ0v) is 16.3. The summed E-state index contributed by atoms with van der Waals surface area (Å²) in [4.78, 5) is 16.7. The summed E-state index contributed by atoms with van der Waals surface area (Å²) in [6.07, 6.45) is 0.958. The molecule has 2 amide bonds. The average Bonchev–Trinajstić information content (AvgIpc) is 2.76. The van der Waals surface area contributed by atoms with Crippen LogP contribution >= 0.6 is 0 Å². The van der Waals surface area contributed by atoms with Crippen molar-refractivity contribution in [2.75, 3.05) is 57.3 Å². The van der Waals surface area contributed by atoms with Crippen molar-refractivity contribution in [3.8, 4) is 5.75 Å². The van der Waals surface area contributed by atoms with Gasteiger partial charge in [0.05, 0.1) is 6.54 Å². The molecule has 1 heterocycles. The predicted octanol–water partition coefficient (Wildman–Crippen LogP) is 2.58. The summed E-state index contributed by atoms with van der Waals surface area (Å²) >= 11 is 0. The third-order valence-corrected chi connectivity index (χ3v) is 4.83. The van der Waals surface area contributed by atoms with E-state index in [0.29, 0.717) is 19.7 Å². The highest BCUT2D eigenvalue weighted by Gasteiger charge is 2.16. The SMILES string of the molecule is O=C(NCCCN1CCN(c2ccccc2)CC1)NCCOc1ccccc1.